The number of aliphatic hydroxyl groups excluding tert-OH is 1. The summed E-state index contributed by atoms with van der Waals surface area (Å²) in [5, 5.41) is 9.78. The van der Waals surface area contributed by atoms with Gasteiger partial charge in [-0.15, -0.1) is 0 Å². The van der Waals surface area contributed by atoms with Crippen LogP contribution in [0.3, 0.4) is 0 Å². The first kappa shape index (κ1) is 12.0. The van der Waals surface area contributed by atoms with Crippen molar-refractivity contribution >= 4 is 0 Å². The maximum atomic E-state index is 9.78. The Labute approximate surface area is 88.3 Å². The second kappa shape index (κ2) is 5.13. The monoisotopic (exact) mass is 199 g/mol. The summed E-state index contributed by atoms with van der Waals surface area (Å²) < 4.78 is 0. The van der Waals surface area contributed by atoms with E-state index in [0.717, 1.165) is 25.8 Å². The molecule has 1 rings (SSSR count). The van der Waals surface area contributed by atoms with Gasteiger partial charge in [-0.1, -0.05) is 13.8 Å². The number of nitrogens with zero attached hydrogens (tertiary/aromatic N) is 1. The molecule has 1 heterocycles. The van der Waals surface area contributed by atoms with E-state index < -0.39 is 0 Å². The summed E-state index contributed by atoms with van der Waals surface area (Å²) in [5.74, 6) is 0.644. The number of hydrogen-bond donors (Lipinski definition) is 1. The molecule has 2 unspecified atom stereocenters. The predicted molar refractivity (Wildman–Crippen MR) is 60.3 cm³/mol. The second-order valence-electron chi connectivity index (χ2n) is 5.17. The van der Waals surface area contributed by atoms with Crippen molar-refractivity contribution in [2.45, 2.75) is 65.1 Å². The van der Waals surface area contributed by atoms with Gasteiger partial charge < -0.3 is 5.11 Å². The second-order valence-corrected chi connectivity index (χ2v) is 5.17. The molecule has 2 atom stereocenters. The van der Waals surface area contributed by atoms with Gasteiger partial charge in [0.05, 0.1) is 6.10 Å². The Kier molecular flexibility index (Phi) is 4.39. The molecule has 0 spiro atoms. The lowest BCUT2D eigenvalue weighted by atomic mass is 9.96. The third kappa shape index (κ3) is 2.96. The van der Waals surface area contributed by atoms with Crippen molar-refractivity contribution < 1.29 is 5.11 Å². The molecule has 1 aliphatic rings. The molecule has 1 aliphatic heterocycles. The van der Waals surface area contributed by atoms with Crippen LogP contribution in [0.15, 0.2) is 0 Å². The van der Waals surface area contributed by atoms with E-state index in [1.165, 1.54) is 0 Å². The van der Waals surface area contributed by atoms with Crippen molar-refractivity contribution in [3.8, 4) is 0 Å². The first-order chi connectivity index (χ1) is 6.52. The van der Waals surface area contributed by atoms with Gasteiger partial charge in [-0.3, -0.25) is 4.90 Å². The summed E-state index contributed by atoms with van der Waals surface area (Å²) in [5.41, 5.74) is 0. The average molecular weight is 199 g/mol. The molecule has 0 radical (unpaired) electrons. The van der Waals surface area contributed by atoms with Gasteiger partial charge in [0.1, 0.15) is 0 Å². The van der Waals surface area contributed by atoms with Crippen LogP contribution in [0.25, 0.3) is 0 Å². The van der Waals surface area contributed by atoms with Gasteiger partial charge in [0.15, 0.2) is 0 Å². The number of likely N-dealkylation sites (tertiary alicyclic amines) is 1. The molecule has 1 fully saturated rings. The molecule has 0 aromatic rings. The van der Waals surface area contributed by atoms with Crippen LogP contribution in [0.1, 0.15) is 47.0 Å². The van der Waals surface area contributed by atoms with Gasteiger partial charge in [0.2, 0.25) is 0 Å². The molecular formula is C12H25NO. The summed E-state index contributed by atoms with van der Waals surface area (Å²) in [7, 11) is 0. The Hall–Kier alpha value is -0.0800. The minimum Gasteiger partial charge on any atom is -0.393 e. The molecule has 84 valence electrons. The first-order valence-corrected chi connectivity index (χ1v) is 5.96. The molecule has 14 heavy (non-hydrogen) atoms. The highest BCUT2D eigenvalue weighted by Gasteiger charge is 2.28. The molecule has 2 heteroatoms. The molecule has 0 amide bonds. The van der Waals surface area contributed by atoms with Crippen LogP contribution in [-0.4, -0.2) is 34.7 Å². The van der Waals surface area contributed by atoms with E-state index in [4.69, 9.17) is 0 Å². The standard InChI is InChI=1S/C12H25NO/c1-9(2)12-8-11(14)6-5-7-13(12)10(3)4/h9-12,14H,5-8H2,1-4H3. The van der Waals surface area contributed by atoms with E-state index in [2.05, 4.69) is 32.6 Å². The highest BCUT2D eigenvalue weighted by atomic mass is 16.3. The Balaban J connectivity index is 2.69. The van der Waals surface area contributed by atoms with Crippen LogP contribution < -0.4 is 0 Å². The maximum absolute atomic E-state index is 9.78. The van der Waals surface area contributed by atoms with Crippen LogP contribution in [-0.2, 0) is 0 Å². The van der Waals surface area contributed by atoms with Gasteiger partial charge in [-0.25, -0.2) is 0 Å². The first-order valence-electron chi connectivity index (χ1n) is 5.96. The Morgan fingerprint density at radius 3 is 2.36 bits per heavy atom. The van der Waals surface area contributed by atoms with E-state index in [9.17, 15) is 5.11 Å². The normalized spacial score (nSPS) is 31.1. The van der Waals surface area contributed by atoms with E-state index in [1.807, 2.05) is 0 Å². The van der Waals surface area contributed by atoms with Crippen molar-refractivity contribution in [1.82, 2.24) is 4.90 Å². The minimum atomic E-state index is -0.0776. The molecule has 0 aromatic carbocycles. The van der Waals surface area contributed by atoms with Crippen LogP contribution in [0.4, 0.5) is 0 Å². The Morgan fingerprint density at radius 1 is 1.21 bits per heavy atom. The summed E-state index contributed by atoms with van der Waals surface area (Å²) >= 11 is 0. The van der Waals surface area contributed by atoms with Gasteiger partial charge in [-0.05, 0) is 45.6 Å². The fraction of sp³-hybridized carbons (Fsp3) is 1.00. The summed E-state index contributed by atoms with van der Waals surface area (Å²) in [6, 6.07) is 1.17. The molecule has 2 nitrogen and oxygen atoms in total. The average Bonchev–Trinajstić information content (AvgIpc) is 2.26. The zero-order chi connectivity index (χ0) is 10.7. The zero-order valence-electron chi connectivity index (χ0n) is 10.0. The Bertz CT molecular complexity index is 168. The van der Waals surface area contributed by atoms with Crippen molar-refractivity contribution in [2.75, 3.05) is 6.54 Å². The van der Waals surface area contributed by atoms with Crippen LogP contribution >= 0.6 is 0 Å². The van der Waals surface area contributed by atoms with E-state index >= 15 is 0 Å². The lowest BCUT2D eigenvalue weighted by Gasteiger charge is -2.36. The number of rotatable bonds is 2. The molecular weight excluding hydrogens is 174 g/mol. The molecule has 0 aliphatic carbocycles. The number of hydrogen-bond acceptors (Lipinski definition) is 2. The molecule has 0 saturated carbocycles. The van der Waals surface area contributed by atoms with E-state index in [0.29, 0.717) is 18.0 Å². The summed E-state index contributed by atoms with van der Waals surface area (Å²) in [6.45, 7) is 10.2. The molecule has 1 saturated heterocycles. The third-order valence-electron chi connectivity index (χ3n) is 3.33. The van der Waals surface area contributed by atoms with Crippen LogP contribution in [0.2, 0.25) is 0 Å². The highest BCUT2D eigenvalue weighted by molar-refractivity contribution is 4.83. The maximum Gasteiger partial charge on any atom is 0.0555 e. The van der Waals surface area contributed by atoms with Crippen molar-refractivity contribution in [2.24, 2.45) is 5.92 Å². The fourth-order valence-corrected chi connectivity index (χ4v) is 2.50. The summed E-state index contributed by atoms with van der Waals surface area (Å²) in [6.07, 6.45) is 3.00. The van der Waals surface area contributed by atoms with Crippen molar-refractivity contribution in [3.05, 3.63) is 0 Å². The highest BCUT2D eigenvalue weighted by Crippen LogP contribution is 2.24. The smallest absolute Gasteiger partial charge is 0.0555 e. The molecule has 0 bridgehead atoms. The number of aliphatic hydroxyl groups is 1. The van der Waals surface area contributed by atoms with Gasteiger partial charge in [-0.2, -0.15) is 0 Å². The van der Waals surface area contributed by atoms with Gasteiger partial charge >= 0.3 is 0 Å². The summed E-state index contributed by atoms with van der Waals surface area (Å²) in [4.78, 5) is 2.56. The van der Waals surface area contributed by atoms with Crippen molar-refractivity contribution in [3.63, 3.8) is 0 Å². The van der Waals surface area contributed by atoms with Gasteiger partial charge in [0, 0.05) is 12.1 Å². The fourth-order valence-electron chi connectivity index (χ4n) is 2.50. The van der Waals surface area contributed by atoms with Gasteiger partial charge in [0.25, 0.3) is 0 Å². The van der Waals surface area contributed by atoms with Crippen molar-refractivity contribution in [1.29, 1.82) is 0 Å². The predicted octanol–water partition coefficient (Wildman–Crippen LogP) is 2.27. The molecule has 0 aromatic heterocycles. The van der Waals surface area contributed by atoms with Crippen LogP contribution in [0.5, 0.6) is 0 Å². The lowest BCUT2D eigenvalue weighted by Crippen LogP contribution is -2.43. The minimum absolute atomic E-state index is 0.0776. The third-order valence-corrected chi connectivity index (χ3v) is 3.33. The zero-order valence-corrected chi connectivity index (χ0v) is 10.0. The largest absolute Gasteiger partial charge is 0.393 e. The van der Waals surface area contributed by atoms with E-state index in [1.54, 1.807) is 0 Å². The molecule has 1 N–H and O–H groups in total. The topological polar surface area (TPSA) is 23.5 Å². The Morgan fingerprint density at radius 2 is 1.86 bits per heavy atom. The van der Waals surface area contributed by atoms with E-state index in [-0.39, 0.29) is 6.10 Å². The van der Waals surface area contributed by atoms with Crippen LogP contribution in [0, 0.1) is 5.92 Å². The SMILES string of the molecule is CC(C)C1CC(O)CCCN1C(C)C. The quantitative estimate of drug-likeness (QED) is 0.737. The lowest BCUT2D eigenvalue weighted by molar-refractivity contribution is 0.0855.